The van der Waals surface area contributed by atoms with E-state index in [9.17, 15) is 19.7 Å². The normalized spacial score (nSPS) is 10.9. The van der Waals surface area contributed by atoms with Gasteiger partial charge in [-0.15, -0.1) is 0 Å². The third-order valence-corrected chi connectivity index (χ3v) is 4.59. The van der Waals surface area contributed by atoms with Crippen molar-refractivity contribution in [3.8, 4) is 0 Å². The second kappa shape index (κ2) is 9.10. The van der Waals surface area contributed by atoms with Crippen LogP contribution in [0.15, 0.2) is 82.3 Å². The summed E-state index contributed by atoms with van der Waals surface area (Å²) in [6.07, 6.45) is 1.16. The predicted octanol–water partition coefficient (Wildman–Crippen LogP) is 4.38. The lowest BCUT2D eigenvalue weighted by Crippen LogP contribution is -2.24. The number of carbonyl (C=O) groups is 2. The average molecular weight is 443 g/mol. The minimum atomic E-state index is -0.678. The van der Waals surface area contributed by atoms with E-state index in [-0.39, 0.29) is 17.5 Å². The highest BCUT2D eigenvalue weighted by Crippen LogP contribution is 2.25. The zero-order valence-corrected chi connectivity index (χ0v) is 17.3. The van der Waals surface area contributed by atoms with Gasteiger partial charge in [0.1, 0.15) is 4.92 Å². The number of nitrogens with zero attached hydrogens (tertiary/aromatic N) is 4. The fourth-order valence-corrected chi connectivity index (χ4v) is 3.10. The van der Waals surface area contributed by atoms with E-state index in [0.717, 1.165) is 11.2 Å². The standard InChI is InChI=1S/C23H17N5O5/c1-15(29)27(24-14-17-11-12-22(33-17)28(31)32)21-13-19(18-9-5-6-10-20(18)26-21)23(30)25-16-7-3-2-4-8-16/h2-14H,1H3,(H,25,30)/b24-14+. The number of hydrogen-bond acceptors (Lipinski definition) is 7. The number of hydrazone groups is 1. The first-order valence-corrected chi connectivity index (χ1v) is 9.77. The number of furan rings is 1. The van der Waals surface area contributed by atoms with Gasteiger partial charge in [-0.25, -0.2) is 4.98 Å². The number of aromatic nitrogens is 1. The number of amides is 2. The molecule has 0 atom stereocenters. The number of pyridine rings is 1. The van der Waals surface area contributed by atoms with E-state index >= 15 is 0 Å². The van der Waals surface area contributed by atoms with Crippen molar-refractivity contribution >= 4 is 46.3 Å². The molecule has 0 unspecified atom stereocenters. The molecule has 2 heterocycles. The molecule has 0 fully saturated rings. The number of benzene rings is 2. The first-order valence-electron chi connectivity index (χ1n) is 9.77. The largest absolute Gasteiger partial charge is 0.433 e. The molecule has 0 spiro atoms. The molecule has 10 nitrogen and oxygen atoms in total. The Morgan fingerprint density at radius 2 is 1.82 bits per heavy atom. The summed E-state index contributed by atoms with van der Waals surface area (Å²) in [6, 6.07) is 20.0. The van der Waals surface area contributed by atoms with Gasteiger partial charge in [-0.2, -0.15) is 10.1 Å². The molecule has 0 aliphatic carbocycles. The minimum Gasteiger partial charge on any atom is -0.400 e. The van der Waals surface area contributed by atoms with Crippen molar-refractivity contribution in [2.24, 2.45) is 5.10 Å². The van der Waals surface area contributed by atoms with E-state index in [0.29, 0.717) is 22.2 Å². The Morgan fingerprint density at radius 1 is 1.09 bits per heavy atom. The second-order valence-corrected chi connectivity index (χ2v) is 6.87. The van der Waals surface area contributed by atoms with Gasteiger partial charge in [0, 0.05) is 18.0 Å². The van der Waals surface area contributed by atoms with Gasteiger partial charge in [0.05, 0.1) is 23.4 Å². The van der Waals surface area contributed by atoms with Gasteiger partial charge in [-0.3, -0.25) is 19.7 Å². The molecule has 4 rings (SSSR count). The van der Waals surface area contributed by atoms with Crippen LogP contribution in [0.3, 0.4) is 0 Å². The summed E-state index contributed by atoms with van der Waals surface area (Å²) in [5.41, 5.74) is 1.41. The number of anilines is 2. The highest BCUT2D eigenvalue weighted by molar-refractivity contribution is 6.13. The van der Waals surface area contributed by atoms with Crippen molar-refractivity contribution < 1.29 is 18.9 Å². The molecule has 0 saturated carbocycles. The molecule has 2 aromatic carbocycles. The van der Waals surface area contributed by atoms with Crippen LogP contribution in [0.4, 0.5) is 17.4 Å². The number of rotatable bonds is 6. The molecule has 0 bridgehead atoms. The van der Waals surface area contributed by atoms with E-state index in [2.05, 4.69) is 15.4 Å². The van der Waals surface area contributed by atoms with Crippen molar-refractivity contribution in [3.05, 3.63) is 94.2 Å². The number of nitro groups is 1. The number of nitrogens with one attached hydrogen (secondary N) is 1. The number of para-hydroxylation sites is 2. The summed E-state index contributed by atoms with van der Waals surface area (Å²) in [7, 11) is 0. The van der Waals surface area contributed by atoms with Crippen molar-refractivity contribution in [3.63, 3.8) is 0 Å². The van der Waals surface area contributed by atoms with Crippen molar-refractivity contribution in [1.29, 1.82) is 0 Å². The predicted molar refractivity (Wildman–Crippen MR) is 122 cm³/mol. The van der Waals surface area contributed by atoms with Crippen LogP contribution in [0.25, 0.3) is 10.9 Å². The fraction of sp³-hybridized carbons (Fsp3) is 0.0435. The molecule has 4 aromatic rings. The van der Waals surface area contributed by atoms with Crippen molar-refractivity contribution in [2.75, 3.05) is 10.3 Å². The van der Waals surface area contributed by atoms with Crippen molar-refractivity contribution in [2.45, 2.75) is 6.92 Å². The number of carbonyl (C=O) groups excluding carboxylic acids is 2. The molecule has 0 aliphatic rings. The van der Waals surface area contributed by atoms with Gasteiger partial charge in [-0.1, -0.05) is 36.4 Å². The average Bonchev–Trinajstić information content (AvgIpc) is 3.28. The molecule has 1 N–H and O–H groups in total. The third-order valence-electron chi connectivity index (χ3n) is 4.59. The molecule has 33 heavy (non-hydrogen) atoms. The van der Waals surface area contributed by atoms with Crippen LogP contribution in [-0.4, -0.2) is 27.9 Å². The topological polar surface area (TPSA) is 131 Å². The quantitative estimate of drug-likeness (QED) is 0.267. The maximum atomic E-state index is 13.1. The Labute approximate surface area is 187 Å². The van der Waals surface area contributed by atoms with Crippen LogP contribution in [-0.2, 0) is 4.79 Å². The van der Waals surface area contributed by atoms with Gasteiger partial charge in [0.25, 0.3) is 5.91 Å². The van der Waals surface area contributed by atoms with E-state index in [1.807, 2.05) is 6.07 Å². The lowest BCUT2D eigenvalue weighted by atomic mass is 10.1. The molecule has 2 amide bonds. The Kier molecular flexibility index (Phi) is 5.90. The molecule has 0 aliphatic heterocycles. The van der Waals surface area contributed by atoms with Crippen LogP contribution in [0.5, 0.6) is 0 Å². The summed E-state index contributed by atoms with van der Waals surface area (Å²) in [4.78, 5) is 40.0. The van der Waals surface area contributed by atoms with Crippen LogP contribution in [0.2, 0.25) is 0 Å². The van der Waals surface area contributed by atoms with Crippen LogP contribution in [0.1, 0.15) is 23.0 Å². The van der Waals surface area contributed by atoms with E-state index in [1.54, 1.807) is 48.5 Å². The summed E-state index contributed by atoms with van der Waals surface area (Å²) < 4.78 is 5.04. The molecular formula is C23H17N5O5. The molecule has 164 valence electrons. The summed E-state index contributed by atoms with van der Waals surface area (Å²) in [6.45, 7) is 1.28. The first-order chi connectivity index (χ1) is 15.9. The smallest absolute Gasteiger partial charge is 0.400 e. The summed E-state index contributed by atoms with van der Waals surface area (Å²) >= 11 is 0. The highest BCUT2D eigenvalue weighted by atomic mass is 16.6. The maximum absolute atomic E-state index is 13.1. The monoisotopic (exact) mass is 443 g/mol. The zero-order chi connectivity index (χ0) is 23.4. The summed E-state index contributed by atoms with van der Waals surface area (Å²) in [5.74, 6) is -1.12. The van der Waals surface area contributed by atoms with E-state index < -0.39 is 16.7 Å². The number of fused-ring (bicyclic) bond motifs is 1. The molecule has 0 saturated heterocycles. The van der Waals surface area contributed by atoms with Gasteiger partial charge in [-0.05, 0) is 30.3 Å². The Hall–Kier alpha value is -4.86. The molecule has 0 radical (unpaired) electrons. The molecular weight excluding hydrogens is 426 g/mol. The lowest BCUT2D eigenvalue weighted by molar-refractivity contribution is -0.402. The highest BCUT2D eigenvalue weighted by Gasteiger charge is 2.19. The van der Waals surface area contributed by atoms with Crippen LogP contribution < -0.4 is 10.3 Å². The molecule has 10 heteroatoms. The Morgan fingerprint density at radius 3 is 2.52 bits per heavy atom. The van der Waals surface area contributed by atoms with Gasteiger partial charge < -0.3 is 9.73 Å². The first kappa shape index (κ1) is 21.4. The zero-order valence-electron chi connectivity index (χ0n) is 17.3. The minimum absolute atomic E-state index is 0.0794. The van der Waals surface area contributed by atoms with E-state index in [4.69, 9.17) is 4.42 Å². The maximum Gasteiger partial charge on any atom is 0.433 e. The molecule has 2 aromatic heterocycles. The SMILES string of the molecule is CC(=O)N(/N=C/c1ccc([N+](=O)[O-])o1)c1cc(C(=O)Nc2ccccc2)c2ccccc2n1. The lowest BCUT2D eigenvalue weighted by Gasteiger charge is -2.16. The Bertz CT molecular complexity index is 1380. The van der Waals surface area contributed by atoms with Crippen LogP contribution >= 0.6 is 0 Å². The number of hydrogen-bond donors (Lipinski definition) is 1. The van der Waals surface area contributed by atoms with E-state index in [1.165, 1.54) is 25.1 Å². The Balaban J connectivity index is 1.73. The van der Waals surface area contributed by atoms with Crippen LogP contribution in [0, 0.1) is 10.1 Å². The second-order valence-electron chi connectivity index (χ2n) is 6.87. The summed E-state index contributed by atoms with van der Waals surface area (Å²) in [5, 5.41) is 19.3. The van der Waals surface area contributed by atoms with Gasteiger partial charge in [0.15, 0.2) is 11.6 Å². The van der Waals surface area contributed by atoms with Crippen molar-refractivity contribution in [1.82, 2.24) is 4.98 Å². The fourth-order valence-electron chi connectivity index (χ4n) is 3.10. The van der Waals surface area contributed by atoms with Gasteiger partial charge >= 0.3 is 5.88 Å². The van der Waals surface area contributed by atoms with Gasteiger partial charge in [0.2, 0.25) is 5.91 Å². The third kappa shape index (κ3) is 4.74.